The maximum atomic E-state index is 15.4. The Kier molecular flexibility index (Phi) is 8.16. The highest BCUT2D eigenvalue weighted by molar-refractivity contribution is 9.10. The summed E-state index contributed by atoms with van der Waals surface area (Å²) >= 11 is 2.96. The van der Waals surface area contributed by atoms with E-state index < -0.39 is 34.3 Å². The van der Waals surface area contributed by atoms with E-state index in [0.717, 1.165) is 12.8 Å². The lowest BCUT2D eigenvalue weighted by Crippen LogP contribution is -2.63. The van der Waals surface area contributed by atoms with Gasteiger partial charge in [0, 0.05) is 31.6 Å². The lowest BCUT2D eigenvalue weighted by Gasteiger charge is -2.48. The smallest absolute Gasteiger partial charge is 0.410 e. The summed E-state index contributed by atoms with van der Waals surface area (Å²) in [5.74, 6) is -1.40. The Morgan fingerprint density at radius 3 is 2.16 bits per heavy atom. The fourth-order valence-corrected chi connectivity index (χ4v) is 6.11. The molecule has 1 aromatic heterocycles. The predicted octanol–water partition coefficient (Wildman–Crippen LogP) is 4.87. The Balaban J connectivity index is 1.39. The molecule has 14 heteroatoms. The van der Waals surface area contributed by atoms with Crippen LogP contribution in [0.4, 0.5) is 24.2 Å². The van der Waals surface area contributed by atoms with Gasteiger partial charge in [0.05, 0.1) is 28.6 Å². The lowest BCUT2D eigenvalue weighted by atomic mass is 9.82. The number of rotatable bonds is 5. The molecule has 0 aliphatic carbocycles. The number of hydrogen-bond donors (Lipinski definition) is 1. The normalized spacial score (nSPS) is 21.6. The molecular weight excluding hydrogens is 632 g/mol. The number of nitrogens with zero attached hydrogens (tertiary/aromatic N) is 5. The maximum absolute atomic E-state index is 15.4. The molecule has 4 heterocycles. The van der Waals surface area contributed by atoms with Gasteiger partial charge in [-0.1, -0.05) is 0 Å². The van der Waals surface area contributed by atoms with Gasteiger partial charge in [0.25, 0.3) is 0 Å². The number of ether oxygens (including phenoxy) is 3. The van der Waals surface area contributed by atoms with E-state index in [2.05, 4.69) is 25.9 Å². The molecule has 5 rings (SSSR count). The minimum Gasteiger partial charge on any atom is -0.463 e. The number of likely N-dealkylation sites (tertiary alicyclic amines) is 1. The quantitative estimate of drug-likeness (QED) is 0.445. The molecule has 0 spiro atoms. The summed E-state index contributed by atoms with van der Waals surface area (Å²) in [6, 6.07) is 0.702. The van der Waals surface area contributed by atoms with E-state index in [1.807, 2.05) is 25.7 Å². The van der Waals surface area contributed by atoms with Crippen molar-refractivity contribution in [3.05, 3.63) is 22.2 Å². The van der Waals surface area contributed by atoms with Gasteiger partial charge < -0.3 is 29.1 Å². The van der Waals surface area contributed by atoms with E-state index in [1.165, 1.54) is 11.0 Å². The van der Waals surface area contributed by atoms with Gasteiger partial charge in [-0.15, -0.1) is 0 Å². The van der Waals surface area contributed by atoms with Crippen molar-refractivity contribution < 1.29 is 37.7 Å². The van der Waals surface area contributed by atoms with Gasteiger partial charge >= 0.3 is 18.2 Å². The maximum Gasteiger partial charge on any atom is 0.410 e. The zero-order chi connectivity index (χ0) is 31.5. The fourth-order valence-electron chi connectivity index (χ4n) is 5.80. The van der Waals surface area contributed by atoms with Crippen molar-refractivity contribution in [3.8, 4) is 6.01 Å². The number of carbonyl (C=O) groups is 2. The molecule has 0 saturated carbocycles. The molecule has 11 nitrogen and oxygen atoms in total. The summed E-state index contributed by atoms with van der Waals surface area (Å²) in [5, 5.41) is 10.3. The van der Waals surface area contributed by atoms with Crippen LogP contribution in [-0.2, 0) is 9.47 Å². The van der Waals surface area contributed by atoms with Crippen LogP contribution in [0.5, 0.6) is 6.01 Å². The number of hydrogen-bond acceptors (Lipinski definition) is 9. The summed E-state index contributed by atoms with van der Waals surface area (Å²) in [6.07, 6.45) is 0.644. The number of fused-ring (bicyclic) bond motifs is 3. The molecule has 2 bridgehead atoms. The highest BCUT2D eigenvalue weighted by Crippen LogP contribution is 2.39. The number of benzene rings is 1. The third-order valence-corrected chi connectivity index (χ3v) is 8.45. The number of anilines is 1. The van der Waals surface area contributed by atoms with E-state index in [4.69, 9.17) is 14.2 Å². The first kappa shape index (κ1) is 31.4. The second-order valence-electron chi connectivity index (χ2n) is 13.7. The third-order valence-electron chi connectivity index (χ3n) is 7.72. The first-order valence-corrected chi connectivity index (χ1v) is 15.1. The molecule has 236 valence electrons. The number of halogens is 3. The Morgan fingerprint density at radius 1 is 1.02 bits per heavy atom. The summed E-state index contributed by atoms with van der Waals surface area (Å²) < 4.78 is 46.7. The highest BCUT2D eigenvalue weighted by Gasteiger charge is 2.48. The second kappa shape index (κ2) is 11.2. The van der Waals surface area contributed by atoms with Crippen molar-refractivity contribution in [2.75, 3.05) is 44.3 Å². The average molecular weight is 671 g/mol. The van der Waals surface area contributed by atoms with Crippen LogP contribution >= 0.6 is 15.9 Å². The van der Waals surface area contributed by atoms with Gasteiger partial charge in [-0.05, 0) is 76.4 Å². The molecule has 2 aromatic rings. The number of aromatic nitrogens is 2. The Labute approximate surface area is 257 Å². The van der Waals surface area contributed by atoms with Crippen molar-refractivity contribution >= 4 is 44.8 Å². The topological polar surface area (TPSA) is 118 Å². The van der Waals surface area contributed by atoms with Crippen LogP contribution in [0.25, 0.3) is 10.9 Å². The molecule has 3 aliphatic heterocycles. The predicted molar refractivity (Wildman–Crippen MR) is 157 cm³/mol. The van der Waals surface area contributed by atoms with Gasteiger partial charge in [-0.2, -0.15) is 9.97 Å². The molecule has 2 amide bonds. The number of carbonyl (C=O) groups excluding carboxylic acids is 2. The van der Waals surface area contributed by atoms with Crippen molar-refractivity contribution in [2.45, 2.75) is 77.7 Å². The van der Waals surface area contributed by atoms with Crippen LogP contribution in [0, 0.1) is 17.0 Å². The first-order valence-electron chi connectivity index (χ1n) is 14.3. The summed E-state index contributed by atoms with van der Waals surface area (Å²) in [5.41, 5.74) is -2.20. The van der Waals surface area contributed by atoms with Gasteiger partial charge in [0.2, 0.25) is 0 Å². The zero-order valence-electron chi connectivity index (χ0n) is 25.2. The van der Waals surface area contributed by atoms with E-state index in [9.17, 15) is 19.1 Å². The van der Waals surface area contributed by atoms with E-state index in [-0.39, 0.29) is 71.7 Å². The molecule has 2 unspecified atom stereocenters. The Bertz CT molecular complexity index is 1410. The second-order valence-corrected chi connectivity index (χ2v) is 14.5. The number of aliphatic hydroxyl groups is 1. The van der Waals surface area contributed by atoms with Crippen molar-refractivity contribution in [2.24, 2.45) is 5.41 Å². The Morgan fingerprint density at radius 2 is 1.60 bits per heavy atom. The third kappa shape index (κ3) is 6.45. The van der Waals surface area contributed by atoms with Crippen molar-refractivity contribution in [1.82, 2.24) is 19.8 Å². The standard InChI is InChI=1S/C29H38BrF2N5O6/c1-27(2,3)42-25(39)36-12-29(13-36,14-38)15-41-24-33-22-18(9-19(31)20(30)21(22)32)23(34-24)35-10-16-7-8-17(11-35)37(16)26(40)43-28(4,5)6/h9,16-17,38H,7-8,10-15H2,1-6H3. The average Bonchev–Trinajstić information content (AvgIpc) is 3.14. The van der Waals surface area contributed by atoms with Gasteiger partial charge in [-0.3, -0.25) is 4.90 Å². The molecule has 1 N–H and O–H groups in total. The highest BCUT2D eigenvalue weighted by atomic mass is 79.9. The van der Waals surface area contributed by atoms with Crippen LogP contribution in [0.1, 0.15) is 54.4 Å². The van der Waals surface area contributed by atoms with Crippen LogP contribution in [0.3, 0.4) is 0 Å². The number of aliphatic hydroxyl groups excluding tert-OH is 1. The van der Waals surface area contributed by atoms with Crippen molar-refractivity contribution in [3.63, 3.8) is 0 Å². The molecule has 3 fully saturated rings. The lowest BCUT2D eigenvalue weighted by molar-refractivity contribution is -0.0753. The van der Waals surface area contributed by atoms with Crippen LogP contribution in [0.15, 0.2) is 10.5 Å². The van der Waals surface area contributed by atoms with Crippen LogP contribution < -0.4 is 9.64 Å². The zero-order valence-corrected chi connectivity index (χ0v) is 26.8. The van der Waals surface area contributed by atoms with E-state index in [0.29, 0.717) is 13.1 Å². The molecule has 3 saturated heterocycles. The minimum absolute atomic E-state index is 0.0462. The summed E-state index contributed by atoms with van der Waals surface area (Å²) in [4.78, 5) is 39.4. The molecular formula is C29H38BrF2N5O6. The summed E-state index contributed by atoms with van der Waals surface area (Å²) in [6.45, 7) is 11.6. The first-order chi connectivity index (χ1) is 20.0. The minimum atomic E-state index is -0.893. The van der Waals surface area contributed by atoms with Crippen LogP contribution in [0.2, 0.25) is 0 Å². The Hall–Kier alpha value is -3.00. The number of piperazine rings is 1. The van der Waals surface area contributed by atoms with Crippen molar-refractivity contribution in [1.29, 1.82) is 0 Å². The SMILES string of the molecule is CC(C)(C)OC(=O)N1CC(CO)(COc2nc(N3CC4CCC(C3)N4C(=O)OC(C)(C)C)c3cc(F)c(Br)c(F)c3n2)C1. The largest absolute Gasteiger partial charge is 0.463 e. The molecule has 43 heavy (non-hydrogen) atoms. The van der Waals surface area contributed by atoms with Gasteiger partial charge in [-0.25, -0.2) is 18.4 Å². The van der Waals surface area contributed by atoms with E-state index in [1.54, 1.807) is 25.7 Å². The number of amides is 2. The van der Waals surface area contributed by atoms with Gasteiger partial charge in [0.1, 0.15) is 35.0 Å². The molecule has 1 aromatic carbocycles. The molecule has 0 radical (unpaired) electrons. The van der Waals surface area contributed by atoms with Gasteiger partial charge in [0.15, 0.2) is 5.82 Å². The molecule has 2 atom stereocenters. The monoisotopic (exact) mass is 669 g/mol. The molecule has 3 aliphatic rings. The summed E-state index contributed by atoms with van der Waals surface area (Å²) in [7, 11) is 0. The van der Waals surface area contributed by atoms with Crippen LogP contribution in [-0.4, -0.2) is 99.7 Å². The van der Waals surface area contributed by atoms with E-state index >= 15 is 4.39 Å². The fraction of sp³-hybridized carbons (Fsp3) is 0.655.